The predicted molar refractivity (Wildman–Crippen MR) is 129 cm³/mol. The molecule has 28 heavy (non-hydrogen) atoms. The lowest BCUT2D eigenvalue weighted by molar-refractivity contribution is 0.296. The molecular weight excluding hydrogens is 463 g/mol. The fraction of sp³-hybridized carbons (Fsp3) is 0.409. The Hall–Kier alpha value is -1.80. The molecule has 0 atom stereocenters. The highest BCUT2D eigenvalue weighted by Gasteiger charge is 2.03. The standard InChI is InChI=1S/C22H32N4O.HI/c1-5-26(6-2)17-20-9-7-8-19(14-20)16-25-22(23-3)24-15-18-10-12-21(27-4)13-11-18;/h7-14H,5-6,15-17H2,1-4H3,(H2,23,24,25);1H. The number of ether oxygens (including phenoxy) is 1. The second-order valence-electron chi connectivity index (χ2n) is 6.41. The lowest BCUT2D eigenvalue weighted by atomic mass is 10.1. The first-order valence-electron chi connectivity index (χ1n) is 9.56. The van der Waals surface area contributed by atoms with Crippen molar-refractivity contribution in [3.05, 3.63) is 65.2 Å². The zero-order valence-corrected chi connectivity index (χ0v) is 19.7. The van der Waals surface area contributed by atoms with Crippen LogP contribution in [0.3, 0.4) is 0 Å². The molecule has 6 heteroatoms. The summed E-state index contributed by atoms with van der Waals surface area (Å²) in [6, 6.07) is 16.8. The van der Waals surface area contributed by atoms with Crippen molar-refractivity contribution in [1.82, 2.24) is 15.5 Å². The summed E-state index contributed by atoms with van der Waals surface area (Å²) in [6.07, 6.45) is 0. The predicted octanol–water partition coefficient (Wildman–Crippen LogP) is 4.02. The number of benzene rings is 2. The minimum atomic E-state index is 0. The van der Waals surface area contributed by atoms with Crippen LogP contribution in [0.4, 0.5) is 0 Å². The Morgan fingerprint density at radius 3 is 2.11 bits per heavy atom. The molecule has 0 aliphatic heterocycles. The van der Waals surface area contributed by atoms with Gasteiger partial charge in [-0.25, -0.2) is 0 Å². The van der Waals surface area contributed by atoms with Crippen LogP contribution in [0, 0.1) is 0 Å². The Morgan fingerprint density at radius 1 is 0.929 bits per heavy atom. The van der Waals surface area contributed by atoms with Gasteiger partial charge in [-0.3, -0.25) is 9.89 Å². The van der Waals surface area contributed by atoms with Crippen molar-refractivity contribution in [2.45, 2.75) is 33.5 Å². The molecule has 2 aromatic rings. The van der Waals surface area contributed by atoms with E-state index in [4.69, 9.17) is 4.74 Å². The van der Waals surface area contributed by atoms with Crippen LogP contribution in [0.5, 0.6) is 5.75 Å². The third kappa shape index (κ3) is 8.06. The maximum atomic E-state index is 5.19. The van der Waals surface area contributed by atoms with Crippen molar-refractivity contribution in [2.75, 3.05) is 27.2 Å². The first-order chi connectivity index (χ1) is 13.2. The molecule has 0 unspecified atom stereocenters. The highest BCUT2D eigenvalue weighted by atomic mass is 127. The van der Waals surface area contributed by atoms with E-state index in [1.54, 1.807) is 14.2 Å². The van der Waals surface area contributed by atoms with Crippen LogP contribution >= 0.6 is 24.0 Å². The largest absolute Gasteiger partial charge is 0.497 e. The van der Waals surface area contributed by atoms with Gasteiger partial charge in [-0.1, -0.05) is 50.2 Å². The molecular formula is C22H33IN4O. The smallest absolute Gasteiger partial charge is 0.191 e. The molecule has 2 N–H and O–H groups in total. The number of nitrogens with one attached hydrogen (secondary N) is 2. The average molecular weight is 496 g/mol. The quantitative estimate of drug-likeness (QED) is 0.313. The molecule has 0 spiro atoms. The molecule has 0 aliphatic carbocycles. The van der Waals surface area contributed by atoms with E-state index in [-0.39, 0.29) is 24.0 Å². The number of guanidine groups is 1. The van der Waals surface area contributed by atoms with Crippen LogP contribution in [-0.4, -0.2) is 38.1 Å². The minimum absolute atomic E-state index is 0. The van der Waals surface area contributed by atoms with Gasteiger partial charge in [0.1, 0.15) is 5.75 Å². The van der Waals surface area contributed by atoms with Crippen LogP contribution in [0.2, 0.25) is 0 Å². The van der Waals surface area contributed by atoms with Gasteiger partial charge < -0.3 is 15.4 Å². The second-order valence-corrected chi connectivity index (χ2v) is 6.41. The van der Waals surface area contributed by atoms with E-state index in [2.05, 4.69) is 70.8 Å². The molecule has 0 aromatic heterocycles. The van der Waals surface area contributed by atoms with Crippen molar-refractivity contribution in [3.8, 4) is 5.75 Å². The summed E-state index contributed by atoms with van der Waals surface area (Å²) in [7, 11) is 3.47. The van der Waals surface area contributed by atoms with E-state index in [1.165, 1.54) is 16.7 Å². The Kier molecular flexibility index (Phi) is 11.6. The van der Waals surface area contributed by atoms with E-state index in [9.17, 15) is 0 Å². The normalized spacial score (nSPS) is 11.1. The first kappa shape index (κ1) is 24.2. The zero-order valence-electron chi connectivity index (χ0n) is 17.4. The Morgan fingerprint density at radius 2 is 1.54 bits per heavy atom. The van der Waals surface area contributed by atoms with Crippen LogP contribution in [0.15, 0.2) is 53.5 Å². The van der Waals surface area contributed by atoms with Crippen molar-refractivity contribution in [2.24, 2.45) is 4.99 Å². The third-order valence-electron chi connectivity index (χ3n) is 4.59. The van der Waals surface area contributed by atoms with Gasteiger partial charge in [0.05, 0.1) is 7.11 Å². The number of hydrogen-bond donors (Lipinski definition) is 2. The van der Waals surface area contributed by atoms with Crippen LogP contribution in [0.25, 0.3) is 0 Å². The van der Waals surface area contributed by atoms with E-state index in [0.717, 1.165) is 37.9 Å². The molecule has 0 heterocycles. The molecule has 0 saturated heterocycles. The van der Waals surface area contributed by atoms with Crippen molar-refractivity contribution in [3.63, 3.8) is 0 Å². The monoisotopic (exact) mass is 496 g/mol. The highest BCUT2D eigenvalue weighted by Crippen LogP contribution is 2.11. The maximum Gasteiger partial charge on any atom is 0.191 e. The topological polar surface area (TPSA) is 48.9 Å². The third-order valence-corrected chi connectivity index (χ3v) is 4.59. The SMILES string of the molecule is CCN(CC)Cc1cccc(CNC(=NC)NCc2ccc(OC)cc2)c1.I. The van der Waals surface area contributed by atoms with E-state index < -0.39 is 0 Å². The summed E-state index contributed by atoms with van der Waals surface area (Å²) >= 11 is 0. The summed E-state index contributed by atoms with van der Waals surface area (Å²) in [6.45, 7) is 8.99. The molecule has 0 saturated carbocycles. The van der Waals surface area contributed by atoms with Crippen molar-refractivity contribution < 1.29 is 4.74 Å². The summed E-state index contributed by atoms with van der Waals surface area (Å²) in [4.78, 5) is 6.73. The molecule has 5 nitrogen and oxygen atoms in total. The number of nitrogens with zero attached hydrogens (tertiary/aromatic N) is 2. The maximum absolute atomic E-state index is 5.19. The van der Waals surface area contributed by atoms with E-state index >= 15 is 0 Å². The van der Waals surface area contributed by atoms with Gasteiger partial charge in [0.25, 0.3) is 0 Å². The van der Waals surface area contributed by atoms with Gasteiger partial charge in [-0.2, -0.15) is 0 Å². The number of methoxy groups -OCH3 is 1. The molecule has 154 valence electrons. The molecule has 0 fully saturated rings. The molecule has 2 rings (SSSR count). The lowest BCUT2D eigenvalue weighted by Gasteiger charge is -2.18. The Bertz CT molecular complexity index is 715. The fourth-order valence-corrected chi connectivity index (χ4v) is 2.88. The van der Waals surface area contributed by atoms with Gasteiger partial charge in [-0.05, 0) is 41.9 Å². The molecule has 0 radical (unpaired) electrons. The van der Waals surface area contributed by atoms with Crippen molar-refractivity contribution in [1.29, 1.82) is 0 Å². The zero-order chi connectivity index (χ0) is 19.5. The van der Waals surface area contributed by atoms with Crippen molar-refractivity contribution >= 4 is 29.9 Å². The lowest BCUT2D eigenvalue weighted by Crippen LogP contribution is -2.36. The van der Waals surface area contributed by atoms with E-state index in [0.29, 0.717) is 6.54 Å². The number of halogens is 1. The van der Waals surface area contributed by atoms with Gasteiger partial charge in [0.2, 0.25) is 0 Å². The molecule has 0 amide bonds. The summed E-state index contributed by atoms with van der Waals surface area (Å²) in [5.74, 6) is 1.66. The van der Waals surface area contributed by atoms with Gasteiger partial charge in [-0.15, -0.1) is 24.0 Å². The van der Waals surface area contributed by atoms with Gasteiger partial charge in [0.15, 0.2) is 5.96 Å². The van der Waals surface area contributed by atoms with Gasteiger partial charge >= 0.3 is 0 Å². The van der Waals surface area contributed by atoms with Gasteiger partial charge in [0, 0.05) is 26.7 Å². The van der Waals surface area contributed by atoms with Crippen LogP contribution in [0.1, 0.15) is 30.5 Å². The second kappa shape index (κ2) is 13.4. The number of aliphatic imine (C=N–C) groups is 1. The number of hydrogen-bond acceptors (Lipinski definition) is 3. The molecule has 0 aliphatic rings. The fourth-order valence-electron chi connectivity index (χ4n) is 2.88. The Balaban J connectivity index is 0.00000392. The molecule has 2 aromatic carbocycles. The molecule has 0 bridgehead atoms. The number of rotatable bonds is 9. The summed E-state index contributed by atoms with van der Waals surface area (Å²) in [5.41, 5.74) is 3.78. The van der Waals surface area contributed by atoms with Crippen LogP contribution in [-0.2, 0) is 19.6 Å². The summed E-state index contributed by atoms with van der Waals surface area (Å²) in [5, 5.41) is 6.74. The average Bonchev–Trinajstić information content (AvgIpc) is 2.72. The summed E-state index contributed by atoms with van der Waals surface area (Å²) < 4.78 is 5.19. The van der Waals surface area contributed by atoms with Crippen LogP contribution < -0.4 is 15.4 Å². The minimum Gasteiger partial charge on any atom is -0.497 e. The van der Waals surface area contributed by atoms with E-state index in [1.807, 2.05) is 12.1 Å². The Labute approximate surface area is 186 Å². The first-order valence-corrected chi connectivity index (χ1v) is 9.56. The highest BCUT2D eigenvalue weighted by molar-refractivity contribution is 14.0.